The van der Waals surface area contributed by atoms with Crippen molar-refractivity contribution in [3.05, 3.63) is 314 Å². The van der Waals surface area contributed by atoms with Crippen LogP contribution in [0.5, 0.6) is 0 Å². The first-order valence-electron chi connectivity index (χ1n) is 52.1. The molecule has 19 rings (SSSR count). The van der Waals surface area contributed by atoms with E-state index in [1.807, 2.05) is 0 Å². The third kappa shape index (κ3) is 7.83. The van der Waals surface area contributed by atoms with Crippen LogP contribution in [0.15, 0.2) is 323 Å². The molecule has 0 saturated heterocycles. The van der Waals surface area contributed by atoms with Gasteiger partial charge in [0, 0.05) is 21.5 Å². The quantitative estimate of drug-likeness (QED) is 0.161. The van der Waals surface area contributed by atoms with E-state index >= 15 is 0 Å². The summed E-state index contributed by atoms with van der Waals surface area (Å²) in [6.07, 6.45) is 0. The van der Waals surface area contributed by atoms with Gasteiger partial charge >= 0.3 is 0 Å². The van der Waals surface area contributed by atoms with Gasteiger partial charge in [-0.25, -0.2) is 0 Å². The van der Waals surface area contributed by atoms with Crippen LogP contribution in [-0.4, -0.2) is 0 Å². The zero-order valence-corrected chi connectivity index (χ0v) is 43.8. The highest BCUT2D eigenvalue weighted by Gasteiger charge is 2.24. The Kier molecular flexibility index (Phi) is 4.68. The minimum Gasteiger partial charge on any atom is -0.456 e. The van der Waals surface area contributed by atoms with Crippen LogP contribution in [0, 0.1) is 0 Å². The molecule has 408 valence electrons. The molecule has 2 aromatic heterocycles. The molecule has 0 aliphatic rings. The Morgan fingerprint density at radius 2 is 0.511 bits per heavy atom. The number of rotatable bonds is 5. The first kappa shape index (κ1) is 20.6. The second-order valence-corrected chi connectivity index (χ2v) is 19.3. The number of benzene rings is 17. The zero-order chi connectivity index (χ0) is 103. The molecule has 0 spiro atoms. The summed E-state index contributed by atoms with van der Waals surface area (Å²) >= 11 is 0. The van der Waals surface area contributed by atoms with Crippen LogP contribution in [0.3, 0.4) is 0 Å². The molecule has 0 aliphatic heterocycles. The lowest BCUT2D eigenvalue weighted by molar-refractivity contribution is 0.669. The van der Waals surface area contributed by atoms with Crippen LogP contribution < -0.4 is 0 Å². The van der Waals surface area contributed by atoms with Gasteiger partial charge in [-0.1, -0.05) is 266 Å². The van der Waals surface area contributed by atoms with E-state index in [2.05, 4.69) is 0 Å². The van der Waals surface area contributed by atoms with Crippen molar-refractivity contribution in [1.82, 2.24) is 0 Å². The van der Waals surface area contributed by atoms with Crippen molar-refractivity contribution >= 4 is 130 Å². The van der Waals surface area contributed by atoms with Crippen molar-refractivity contribution in [2.24, 2.45) is 0 Å². The lowest BCUT2D eigenvalue weighted by Crippen LogP contribution is -1.92. The zero-order valence-electron chi connectivity index (χ0n) is 95.8. The monoisotopic (exact) mass is 1170 g/mol. The van der Waals surface area contributed by atoms with Crippen molar-refractivity contribution in [2.75, 3.05) is 0 Å². The summed E-state index contributed by atoms with van der Waals surface area (Å²) in [6.45, 7) is 0. The van der Waals surface area contributed by atoms with Crippen molar-refractivity contribution < 1.29 is 80.1 Å². The molecule has 2 heterocycles. The number of fused-ring (bicyclic) bond motifs is 14. The fourth-order valence-corrected chi connectivity index (χ4v) is 11.1. The topological polar surface area (TPSA) is 26.3 Å². The predicted octanol–water partition coefficient (Wildman–Crippen LogP) is 24.7. The molecule has 0 unspecified atom stereocenters. The average molecular weight is 1170 g/mol. The minimum atomic E-state index is -1.08. The predicted molar refractivity (Wildman–Crippen MR) is 375 cm³/mol. The van der Waals surface area contributed by atoms with Gasteiger partial charge in [0.15, 0.2) is 0 Å². The molecular formula is C86H52O2. The van der Waals surface area contributed by atoms with Crippen molar-refractivity contribution in [3.63, 3.8) is 0 Å². The fraction of sp³-hybridized carbons (Fsp3) is 0. The Labute approximate surface area is 580 Å². The molecular weight excluding hydrogens is 1060 g/mol. The van der Waals surface area contributed by atoms with Gasteiger partial charge in [0.1, 0.15) is 22.3 Å². The van der Waals surface area contributed by atoms with E-state index in [1.165, 1.54) is 0 Å². The van der Waals surface area contributed by atoms with E-state index < -0.39 is 500 Å². The number of hydrogen-bond donors (Lipinski definition) is 0. The van der Waals surface area contributed by atoms with Crippen molar-refractivity contribution in [1.29, 1.82) is 0 Å². The Hall–Kier alpha value is -11.6. The molecule has 2 nitrogen and oxygen atoms in total. The lowest BCUT2D eigenvalue weighted by atomic mass is 9.83. The highest BCUT2D eigenvalue weighted by Crippen LogP contribution is 2.51. The standard InChI is InChI=1S/C46H28O.C40H24O/c1-2-13-29(14-3-1)40-27-33(25-32-17-6-7-18-34(32)40)44-35-19-8-10-21-37(35)45(38-22-11-9-20-36(38)44)39-23-12-24-42-46(39)41-26-30-15-4-5-16-31(30)28-43(41)47-42;1-2-13-27-24-37-35(23-26(27)12-1)40-34(21-10-22-36(40)41-37)39-32-18-7-5-16-30(32)38(31-17-6-8-19-33(31)39)29-20-9-14-25-11-3-4-15-28(25)29/h1-28H;1-24H/i1D,2D,3D,4D,5D,6D,7D,8D,9D,10D,11D,12D,13D,14D,15D,16D,17D,18D,19D,20D,21D,22D,23D,24D,25D,26D,27D,28D;1D,2D,3D,4D,5D,6D,7D,8D,9D,10D,11D,12D,13D,14D,15D,16D,17D,18D,19D,20D,21D,22D,23D,24D. The number of furan rings is 2. The molecule has 0 N–H and O–H groups in total. The Bertz CT molecular complexity index is 9120. The van der Waals surface area contributed by atoms with E-state index in [0.717, 1.165) is 0 Å². The summed E-state index contributed by atoms with van der Waals surface area (Å²) in [6, 6.07) is -47.1. The van der Waals surface area contributed by atoms with Gasteiger partial charge in [0.25, 0.3) is 0 Å². The van der Waals surface area contributed by atoms with Gasteiger partial charge in [0.2, 0.25) is 0 Å². The second kappa shape index (κ2) is 20.0. The Morgan fingerprint density at radius 3 is 0.977 bits per heavy atom. The molecule has 0 amide bonds. The van der Waals surface area contributed by atoms with Crippen LogP contribution in [0.4, 0.5) is 0 Å². The van der Waals surface area contributed by atoms with Gasteiger partial charge in [-0.3, -0.25) is 0 Å². The molecule has 0 aliphatic carbocycles. The summed E-state index contributed by atoms with van der Waals surface area (Å²) in [4.78, 5) is 0. The molecule has 88 heavy (non-hydrogen) atoms. The summed E-state index contributed by atoms with van der Waals surface area (Å²) in [7, 11) is 0. The van der Waals surface area contributed by atoms with Crippen LogP contribution in [0.2, 0.25) is 0 Å². The summed E-state index contributed by atoms with van der Waals surface area (Å²) < 4.78 is 480. The van der Waals surface area contributed by atoms with E-state index in [1.54, 1.807) is 0 Å². The van der Waals surface area contributed by atoms with E-state index in [-0.39, 0.29) is 0 Å². The maximum atomic E-state index is 9.99. The molecule has 0 atom stereocenters. The smallest absolute Gasteiger partial charge is 0.136 e. The molecule has 0 radical (unpaired) electrons. The molecule has 17 aromatic carbocycles. The first-order valence-corrected chi connectivity index (χ1v) is 26.1. The molecule has 0 saturated carbocycles. The summed E-state index contributed by atoms with van der Waals surface area (Å²) in [5.41, 5.74) is -9.81. The van der Waals surface area contributed by atoms with E-state index in [4.69, 9.17) is 58.2 Å². The van der Waals surface area contributed by atoms with E-state index in [0.29, 0.717) is 0 Å². The summed E-state index contributed by atoms with van der Waals surface area (Å²) in [5.74, 6) is 0. The SMILES string of the molecule is [2H]c1c([2H])c(-c2c3c([2H])c([2H])c([2H])c([2H])c3c(-c3c([2H])c([2H])c([2H])c4c([2H])c([2H])c([2H])c([2H])c34)c3c([2H])c([2H])c([2H])c([2H])c23)c2c(oc3c([2H])c4c([2H])c([2H])c([2H])c([2H])c4c([2H])c32)c1[2H].[2H]c1c([2H])c([2H])c(-c2c([2H])c(-c3c4c([2H])c([2H])c([2H])c([2H])c4c(-c4c([2H])c([2H])c([2H])c5oc6c([2H])c7c([2H])c([2H])c([2H])c([2H])c7c([2H])c6c45)c4c([2H])c([2H])c([2H])c([2H])c34)c([2H])c3c([2H])c([2H])c([2H])c([2H])c23)c([2H])c1[2H]. The van der Waals surface area contributed by atoms with Crippen LogP contribution >= 0.6 is 0 Å². The normalized spacial score (nSPS) is 20.1. The lowest BCUT2D eigenvalue weighted by Gasteiger charge is -2.19. The first-order chi connectivity index (χ1) is 65.3. The number of hydrogen-bond acceptors (Lipinski definition) is 2. The maximum Gasteiger partial charge on any atom is 0.136 e. The Morgan fingerprint density at radius 1 is 0.182 bits per heavy atom. The van der Waals surface area contributed by atoms with Gasteiger partial charge in [-0.15, -0.1) is 0 Å². The largest absolute Gasteiger partial charge is 0.456 e. The molecule has 0 fully saturated rings. The van der Waals surface area contributed by atoms with E-state index in [9.17, 15) is 21.9 Å². The van der Waals surface area contributed by atoms with Crippen molar-refractivity contribution in [2.45, 2.75) is 0 Å². The maximum absolute atomic E-state index is 9.99. The van der Waals surface area contributed by atoms with Gasteiger partial charge in [0.05, 0.1) is 71.3 Å². The Balaban J connectivity index is 0.000000187. The minimum absolute atomic E-state index is 0.454. The van der Waals surface area contributed by atoms with Crippen molar-refractivity contribution in [3.8, 4) is 55.6 Å². The van der Waals surface area contributed by atoms with Crippen LogP contribution in [0.25, 0.3) is 186 Å². The van der Waals surface area contributed by atoms with Gasteiger partial charge < -0.3 is 8.83 Å². The van der Waals surface area contributed by atoms with Crippen LogP contribution in [-0.2, 0) is 0 Å². The fourth-order valence-electron chi connectivity index (χ4n) is 11.1. The molecule has 2 heteroatoms. The van der Waals surface area contributed by atoms with Crippen LogP contribution in [0.1, 0.15) is 71.3 Å². The highest BCUT2D eigenvalue weighted by atomic mass is 16.3. The molecule has 19 aromatic rings. The second-order valence-electron chi connectivity index (χ2n) is 19.3. The molecule has 0 bridgehead atoms. The van der Waals surface area contributed by atoms with Gasteiger partial charge in [-0.2, -0.15) is 0 Å². The third-order valence-corrected chi connectivity index (χ3v) is 14.6. The summed E-state index contributed by atoms with van der Waals surface area (Å²) in [5, 5.41) is -12.5. The highest BCUT2D eigenvalue weighted by molar-refractivity contribution is 6.29. The third-order valence-electron chi connectivity index (χ3n) is 14.6. The average Bonchev–Trinajstić information content (AvgIpc) is 1.05. The van der Waals surface area contributed by atoms with Gasteiger partial charge in [-0.05, 0) is 190 Å².